The molecule has 0 aliphatic heterocycles. The number of allylic oxidation sites excluding steroid dienone is 1. The maximum absolute atomic E-state index is 10.9. The van der Waals surface area contributed by atoms with Crippen molar-refractivity contribution in [2.75, 3.05) is 0 Å². The Morgan fingerprint density at radius 1 is 1.50 bits per heavy atom. The van der Waals surface area contributed by atoms with E-state index in [0.717, 1.165) is 31.5 Å². The molecule has 1 aliphatic rings. The summed E-state index contributed by atoms with van der Waals surface area (Å²) in [5, 5.41) is 0. The van der Waals surface area contributed by atoms with E-state index in [1.54, 1.807) is 0 Å². The molecule has 0 saturated heterocycles. The van der Waals surface area contributed by atoms with Crippen LogP contribution in [0.1, 0.15) is 39.0 Å². The third kappa shape index (κ3) is 1.96. The van der Waals surface area contributed by atoms with Gasteiger partial charge in [-0.15, -0.1) is 6.58 Å². The quantitative estimate of drug-likeness (QED) is 0.465. The SMILES string of the molecule is C=CCC1(C=O)CCC(C)CC1. The van der Waals surface area contributed by atoms with Crippen molar-refractivity contribution in [3.8, 4) is 0 Å². The molecule has 0 bridgehead atoms. The molecule has 1 saturated carbocycles. The van der Waals surface area contributed by atoms with Crippen LogP contribution in [0.25, 0.3) is 0 Å². The molecule has 0 amide bonds. The average Bonchev–Trinajstić information content (AvgIpc) is 2.10. The molecule has 0 unspecified atom stereocenters. The molecule has 0 aromatic rings. The zero-order chi connectivity index (χ0) is 9.03. The van der Waals surface area contributed by atoms with Gasteiger partial charge in [-0.2, -0.15) is 0 Å². The van der Waals surface area contributed by atoms with E-state index in [1.165, 1.54) is 12.8 Å². The standard InChI is InChI=1S/C11H18O/c1-3-6-11(9-12)7-4-10(2)5-8-11/h3,9-10H,1,4-8H2,2H3. The Bertz CT molecular complexity index is 164. The molecular formula is C11H18O. The molecule has 0 heterocycles. The van der Waals surface area contributed by atoms with Crippen molar-refractivity contribution in [2.45, 2.75) is 39.0 Å². The van der Waals surface area contributed by atoms with Gasteiger partial charge >= 0.3 is 0 Å². The van der Waals surface area contributed by atoms with Gasteiger partial charge in [-0.1, -0.05) is 13.0 Å². The molecule has 1 aliphatic carbocycles. The van der Waals surface area contributed by atoms with Gasteiger partial charge in [0.1, 0.15) is 6.29 Å². The highest BCUT2D eigenvalue weighted by atomic mass is 16.1. The van der Waals surface area contributed by atoms with Crippen LogP contribution in [0.2, 0.25) is 0 Å². The van der Waals surface area contributed by atoms with Crippen LogP contribution in [0.4, 0.5) is 0 Å². The van der Waals surface area contributed by atoms with E-state index in [0.29, 0.717) is 0 Å². The first-order chi connectivity index (χ1) is 5.72. The third-order valence-electron chi connectivity index (χ3n) is 3.07. The number of carbonyl (C=O) groups excluding carboxylic acids is 1. The third-order valence-corrected chi connectivity index (χ3v) is 3.07. The van der Waals surface area contributed by atoms with Crippen LogP contribution in [0.3, 0.4) is 0 Å². The van der Waals surface area contributed by atoms with E-state index in [2.05, 4.69) is 13.5 Å². The lowest BCUT2D eigenvalue weighted by atomic mass is 9.70. The Kier molecular flexibility index (Phi) is 3.07. The van der Waals surface area contributed by atoms with E-state index in [9.17, 15) is 4.79 Å². The van der Waals surface area contributed by atoms with Crippen molar-refractivity contribution in [1.82, 2.24) is 0 Å². The fourth-order valence-corrected chi connectivity index (χ4v) is 1.99. The largest absolute Gasteiger partial charge is 0.303 e. The minimum Gasteiger partial charge on any atom is -0.303 e. The van der Waals surface area contributed by atoms with Gasteiger partial charge in [0.25, 0.3) is 0 Å². The Morgan fingerprint density at radius 3 is 2.50 bits per heavy atom. The zero-order valence-electron chi connectivity index (χ0n) is 7.88. The first-order valence-corrected chi connectivity index (χ1v) is 4.80. The maximum Gasteiger partial charge on any atom is 0.126 e. The number of rotatable bonds is 3. The van der Waals surface area contributed by atoms with Gasteiger partial charge in [-0.25, -0.2) is 0 Å². The molecule has 0 N–H and O–H groups in total. The van der Waals surface area contributed by atoms with Crippen LogP contribution in [0, 0.1) is 11.3 Å². The second kappa shape index (κ2) is 3.88. The fourth-order valence-electron chi connectivity index (χ4n) is 1.99. The smallest absolute Gasteiger partial charge is 0.126 e. The molecule has 0 aromatic carbocycles. The summed E-state index contributed by atoms with van der Waals surface area (Å²) < 4.78 is 0. The van der Waals surface area contributed by atoms with Crippen LogP contribution in [0.5, 0.6) is 0 Å². The van der Waals surface area contributed by atoms with E-state index in [1.807, 2.05) is 6.08 Å². The molecule has 0 aromatic heterocycles. The number of hydrogen-bond acceptors (Lipinski definition) is 1. The first-order valence-electron chi connectivity index (χ1n) is 4.80. The van der Waals surface area contributed by atoms with Crippen LogP contribution < -0.4 is 0 Å². The monoisotopic (exact) mass is 166 g/mol. The summed E-state index contributed by atoms with van der Waals surface area (Å²) in [5.41, 5.74) is -0.0474. The van der Waals surface area contributed by atoms with Gasteiger partial charge in [0, 0.05) is 5.41 Å². The minimum absolute atomic E-state index is 0.0474. The molecule has 1 fully saturated rings. The molecule has 68 valence electrons. The van der Waals surface area contributed by atoms with Crippen LogP contribution in [-0.2, 0) is 4.79 Å². The van der Waals surface area contributed by atoms with Crippen LogP contribution in [0.15, 0.2) is 12.7 Å². The summed E-state index contributed by atoms with van der Waals surface area (Å²) in [6, 6.07) is 0. The van der Waals surface area contributed by atoms with Crippen LogP contribution in [-0.4, -0.2) is 6.29 Å². The average molecular weight is 166 g/mol. The number of carbonyl (C=O) groups is 1. The minimum atomic E-state index is -0.0474. The molecule has 1 rings (SSSR count). The Hall–Kier alpha value is -0.590. The lowest BCUT2D eigenvalue weighted by molar-refractivity contribution is -0.118. The molecular weight excluding hydrogens is 148 g/mol. The van der Waals surface area contributed by atoms with Gasteiger partial charge in [-0.05, 0) is 38.0 Å². The second-order valence-corrected chi connectivity index (χ2v) is 4.16. The molecule has 0 spiro atoms. The second-order valence-electron chi connectivity index (χ2n) is 4.16. The molecule has 12 heavy (non-hydrogen) atoms. The number of hydrogen-bond donors (Lipinski definition) is 0. The van der Waals surface area contributed by atoms with Crippen molar-refractivity contribution in [2.24, 2.45) is 11.3 Å². The summed E-state index contributed by atoms with van der Waals surface area (Å²) in [4.78, 5) is 10.9. The van der Waals surface area contributed by atoms with Crippen molar-refractivity contribution in [1.29, 1.82) is 0 Å². The summed E-state index contributed by atoms with van der Waals surface area (Å²) >= 11 is 0. The van der Waals surface area contributed by atoms with E-state index >= 15 is 0 Å². The zero-order valence-corrected chi connectivity index (χ0v) is 7.88. The molecule has 1 nitrogen and oxygen atoms in total. The normalized spacial score (nSPS) is 35.9. The van der Waals surface area contributed by atoms with Crippen molar-refractivity contribution >= 4 is 6.29 Å². The molecule has 1 heteroatoms. The number of aldehydes is 1. The summed E-state index contributed by atoms with van der Waals surface area (Å²) in [5.74, 6) is 0.808. The van der Waals surface area contributed by atoms with Gasteiger partial charge < -0.3 is 4.79 Å². The predicted molar refractivity (Wildman–Crippen MR) is 50.9 cm³/mol. The predicted octanol–water partition coefficient (Wildman–Crippen LogP) is 2.96. The summed E-state index contributed by atoms with van der Waals surface area (Å²) in [7, 11) is 0. The van der Waals surface area contributed by atoms with Crippen LogP contribution >= 0.6 is 0 Å². The maximum atomic E-state index is 10.9. The summed E-state index contributed by atoms with van der Waals surface area (Å²) in [6.45, 7) is 5.97. The fraction of sp³-hybridized carbons (Fsp3) is 0.727. The van der Waals surface area contributed by atoms with Crippen molar-refractivity contribution < 1.29 is 4.79 Å². The van der Waals surface area contributed by atoms with E-state index < -0.39 is 0 Å². The van der Waals surface area contributed by atoms with E-state index in [-0.39, 0.29) is 5.41 Å². The highest BCUT2D eigenvalue weighted by molar-refractivity contribution is 5.59. The molecule has 0 radical (unpaired) electrons. The van der Waals surface area contributed by atoms with Crippen molar-refractivity contribution in [3.05, 3.63) is 12.7 Å². The Labute approximate surface area is 74.9 Å². The van der Waals surface area contributed by atoms with E-state index in [4.69, 9.17) is 0 Å². The van der Waals surface area contributed by atoms with Gasteiger partial charge in [0.05, 0.1) is 0 Å². The highest BCUT2D eigenvalue weighted by Crippen LogP contribution is 2.39. The van der Waals surface area contributed by atoms with Gasteiger partial charge in [-0.3, -0.25) is 0 Å². The topological polar surface area (TPSA) is 17.1 Å². The Balaban J connectivity index is 2.56. The summed E-state index contributed by atoms with van der Waals surface area (Å²) in [6.07, 6.45) is 8.42. The highest BCUT2D eigenvalue weighted by Gasteiger charge is 2.32. The molecule has 0 atom stereocenters. The first kappa shape index (κ1) is 9.50. The lowest BCUT2D eigenvalue weighted by Gasteiger charge is -2.33. The van der Waals surface area contributed by atoms with Crippen molar-refractivity contribution in [3.63, 3.8) is 0 Å². The van der Waals surface area contributed by atoms with Gasteiger partial charge in [0.2, 0.25) is 0 Å². The Morgan fingerprint density at radius 2 is 2.08 bits per heavy atom. The lowest BCUT2D eigenvalue weighted by Crippen LogP contribution is -2.27. The van der Waals surface area contributed by atoms with Gasteiger partial charge in [0.15, 0.2) is 0 Å².